The van der Waals surface area contributed by atoms with Crippen LogP contribution in [0.3, 0.4) is 0 Å². The number of ether oxygens (including phenoxy) is 1. The van der Waals surface area contributed by atoms with Crippen LogP contribution in [-0.2, 0) is 4.74 Å². The third kappa shape index (κ3) is 4.64. The minimum atomic E-state index is -0.423. The Labute approximate surface area is 211 Å². The molecule has 3 heterocycles. The maximum Gasteiger partial charge on any atom is 0.409 e. The lowest BCUT2D eigenvalue weighted by Crippen LogP contribution is -2.58. The largest absolute Gasteiger partial charge is 0.450 e. The number of pyridine rings is 1. The molecule has 3 fully saturated rings. The second kappa shape index (κ2) is 10.0. The van der Waals surface area contributed by atoms with Crippen molar-refractivity contribution in [2.75, 3.05) is 57.8 Å². The van der Waals surface area contributed by atoms with Crippen molar-refractivity contribution in [1.82, 2.24) is 20.1 Å². The van der Waals surface area contributed by atoms with Crippen molar-refractivity contribution in [3.8, 4) is 11.1 Å². The molecule has 2 saturated heterocycles. The number of amides is 2. The van der Waals surface area contributed by atoms with Crippen molar-refractivity contribution < 1.29 is 18.7 Å². The average Bonchev–Trinajstić information content (AvgIpc) is 3.34. The molecule has 0 unspecified atom stereocenters. The minimum absolute atomic E-state index is 0.194. The van der Waals surface area contributed by atoms with Crippen LogP contribution < -0.4 is 10.2 Å². The molecule has 2 aliphatic heterocycles. The van der Waals surface area contributed by atoms with E-state index in [9.17, 15) is 14.0 Å². The average molecular weight is 496 g/mol. The first-order chi connectivity index (χ1) is 17.4. The van der Waals surface area contributed by atoms with E-state index in [0.29, 0.717) is 35.2 Å². The molecule has 1 N–H and O–H groups in total. The summed E-state index contributed by atoms with van der Waals surface area (Å²) in [5.74, 6) is 0.0744. The van der Waals surface area contributed by atoms with Gasteiger partial charge in [0.25, 0.3) is 5.91 Å². The topological polar surface area (TPSA) is 78.0 Å². The molecule has 0 radical (unpaired) electrons. The molecule has 36 heavy (non-hydrogen) atoms. The Balaban J connectivity index is 1.25. The third-order valence-corrected chi connectivity index (χ3v) is 7.91. The first-order valence-corrected chi connectivity index (χ1v) is 12.8. The summed E-state index contributed by atoms with van der Waals surface area (Å²) in [6.07, 6.45) is 4.47. The van der Waals surface area contributed by atoms with Gasteiger partial charge in [-0.2, -0.15) is 0 Å². The van der Waals surface area contributed by atoms with Crippen LogP contribution in [0.2, 0.25) is 0 Å². The van der Waals surface area contributed by atoms with E-state index < -0.39 is 5.82 Å². The number of aromatic nitrogens is 1. The van der Waals surface area contributed by atoms with Gasteiger partial charge in [0.2, 0.25) is 0 Å². The number of hydrogen-bond acceptors (Lipinski definition) is 6. The summed E-state index contributed by atoms with van der Waals surface area (Å²) in [4.78, 5) is 35.5. The number of carbonyl (C=O) groups is 2. The van der Waals surface area contributed by atoms with Crippen LogP contribution in [0.25, 0.3) is 11.1 Å². The van der Waals surface area contributed by atoms with Crippen molar-refractivity contribution in [3.05, 3.63) is 47.9 Å². The number of hydrogen-bond donors (Lipinski definition) is 1. The summed E-state index contributed by atoms with van der Waals surface area (Å²) in [6, 6.07) is 9.25. The smallest absolute Gasteiger partial charge is 0.409 e. The van der Waals surface area contributed by atoms with E-state index in [0.717, 1.165) is 58.5 Å². The maximum atomic E-state index is 14.3. The van der Waals surface area contributed by atoms with Crippen LogP contribution in [0.5, 0.6) is 0 Å². The monoisotopic (exact) mass is 495 g/mol. The van der Waals surface area contributed by atoms with E-state index in [4.69, 9.17) is 4.74 Å². The van der Waals surface area contributed by atoms with Gasteiger partial charge < -0.3 is 19.9 Å². The van der Waals surface area contributed by atoms with Gasteiger partial charge in [-0.1, -0.05) is 18.2 Å². The molecule has 1 aromatic carbocycles. The molecule has 192 valence electrons. The number of carbonyl (C=O) groups excluding carboxylic acids is 2. The molecule has 9 heteroatoms. The molecule has 2 aromatic rings. The maximum absolute atomic E-state index is 14.3. The van der Waals surface area contributed by atoms with Crippen LogP contribution in [0.15, 0.2) is 36.5 Å². The second-order valence-electron chi connectivity index (χ2n) is 10.1. The Hall–Kier alpha value is -3.20. The highest BCUT2D eigenvalue weighted by atomic mass is 19.1. The van der Waals surface area contributed by atoms with Crippen molar-refractivity contribution in [2.45, 2.75) is 32.2 Å². The highest BCUT2D eigenvalue weighted by Gasteiger charge is 2.51. The van der Waals surface area contributed by atoms with Gasteiger partial charge >= 0.3 is 6.09 Å². The summed E-state index contributed by atoms with van der Waals surface area (Å²) in [7, 11) is 1.59. The molecule has 1 aliphatic carbocycles. The van der Waals surface area contributed by atoms with Crippen molar-refractivity contribution in [2.24, 2.45) is 5.41 Å². The van der Waals surface area contributed by atoms with Gasteiger partial charge in [-0.25, -0.2) is 14.2 Å². The Morgan fingerprint density at radius 1 is 1.17 bits per heavy atom. The molecule has 1 atom stereocenters. The lowest BCUT2D eigenvalue weighted by Gasteiger charge is -2.48. The Morgan fingerprint density at radius 2 is 1.92 bits per heavy atom. The van der Waals surface area contributed by atoms with Gasteiger partial charge in [0.05, 0.1) is 12.8 Å². The van der Waals surface area contributed by atoms with Crippen molar-refractivity contribution in [3.63, 3.8) is 0 Å². The first kappa shape index (κ1) is 24.5. The van der Waals surface area contributed by atoms with E-state index in [1.807, 2.05) is 30.0 Å². The SMILES string of the molecule is CCOC(=O)N1CC2(CC[C@@H](N3CCN(c4ncc(F)cc4-c4ccccc4C(=O)NC)CC3)C2)C1. The highest BCUT2D eigenvalue weighted by molar-refractivity contribution is 6.02. The van der Waals surface area contributed by atoms with Crippen LogP contribution in [-0.4, -0.2) is 85.7 Å². The molecular weight excluding hydrogens is 461 g/mol. The normalized spacial score (nSPS) is 21.4. The number of nitrogens with one attached hydrogen (secondary N) is 1. The zero-order chi connectivity index (χ0) is 25.3. The number of anilines is 1. The minimum Gasteiger partial charge on any atom is -0.450 e. The predicted molar refractivity (Wildman–Crippen MR) is 135 cm³/mol. The number of rotatable bonds is 5. The van der Waals surface area contributed by atoms with E-state index >= 15 is 0 Å². The lowest BCUT2D eigenvalue weighted by atomic mass is 9.78. The van der Waals surface area contributed by atoms with E-state index in [1.54, 1.807) is 13.1 Å². The summed E-state index contributed by atoms with van der Waals surface area (Å²) in [5, 5.41) is 2.67. The molecular formula is C27H34FN5O3. The fourth-order valence-corrected chi connectivity index (χ4v) is 6.11. The number of likely N-dealkylation sites (tertiary alicyclic amines) is 1. The zero-order valence-corrected chi connectivity index (χ0v) is 21.0. The summed E-state index contributed by atoms with van der Waals surface area (Å²) < 4.78 is 19.4. The zero-order valence-electron chi connectivity index (χ0n) is 21.0. The van der Waals surface area contributed by atoms with E-state index in [1.165, 1.54) is 12.3 Å². The molecule has 0 bridgehead atoms. The van der Waals surface area contributed by atoms with Gasteiger partial charge in [-0.05, 0) is 43.9 Å². The third-order valence-electron chi connectivity index (χ3n) is 7.91. The standard InChI is InChI=1S/C27H34FN5O3/c1-3-36-26(35)33-17-27(18-33)9-8-20(15-27)31-10-12-32(13-11-31)24-23(14-19(28)16-30-24)21-6-4-5-7-22(21)25(34)29-2/h4-7,14,16,20H,3,8-13,15,17-18H2,1-2H3,(H,29,34)/t20-/m1/s1. The fraction of sp³-hybridized carbons (Fsp3) is 0.519. The Morgan fingerprint density at radius 3 is 2.64 bits per heavy atom. The predicted octanol–water partition coefficient (Wildman–Crippen LogP) is 3.38. The summed E-state index contributed by atoms with van der Waals surface area (Å²) in [5.41, 5.74) is 2.05. The van der Waals surface area contributed by atoms with Gasteiger partial charge in [0.15, 0.2) is 0 Å². The highest BCUT2D eigenvalue weighted by Crippen LogP contribution is 2.47. The second-order valence-corrected chi connectivity index (χ2v) is 10.1. The molecule has 2 amide bonds. The lowest BCUT2D eigenvalue weighted by molar-refractivity contribution is -0.00294. The number of halogens is 1. The molecule has 1 aromatic heterocycles. The van der Waals surface area contributed by atoms with Crippen LogP contribution in [0, 0.1) is 11.2 Å². The molecule has 1 saturated carbocycles. The van der Waals surface area contributed by atoms with Crippen molar-refractivity contribution >= 4 is 17.8 Å². The number of benzene rings is 1. The summed E-state index contributed by atoms with van der Waals surface area (Å²) >= 11 is 0. The Kier molecular flexibility index (Phi) is 6.83. The van der Waals surface area contributed by atoms with Gasteiger partial charge in [0, 0.05) is 68.9 Å². The molecule has 5 rings (SSSR count). The van der Waals surface area contributed by atoms with Gasteiger partial charge in [0.1, 0.15) is 11.6 Å². The molecule has 1 spiro atoms. The Bertz CT molecular complexity index is 1130. The first-order valence-electron chi connectivity index (χ1n) is 12.8. The quantitative estimate of drug-likeness (QED) is 0.685. The molecule has 3 aliphatic rings. The van der Waals surface area contributed by atoms with Crippen LogP contribution in [0.1, 0.15) is 36.5 Å². The van der Waals surface area contributed by atoms with Gasteiger partial charge in [-0.3, -0.25) is 9.69 Å². The summed E-state index contributed by atoms with van der Waals surface area (Å²) in [6.45, 7) is 7.22. The number of piperazine rings is 1. The van der Waals surface area contributed by atoms with E-state index in [2.05, 4.69) is 20.1 Å². The van der Waals surface area contributed by atoms with E-state index in [-0.39, 0.29) is 17.4 Å². The van der Waals surface area contributed by atoms with Crippen molar-refractivity contribution in [1.29, 1.82) is 0 Å². The van der Waals surface area contributed by atoms with Crippen LogP contribution in [0.4, 0.5) is 15.0 Å². The molecule has 8 nitrogen and oxygen atoms in total. The number of nitrogens with zero attached hydrogens (tertiary/aromatic N) is 4. The van der Waals surface area contributed by atoms with Gasteiger partial charge in [-0.15, -0.1) is 0 Å². The fourth-order valence-electron chi connectivity index (χ4n) is 6.11. The van der Waals surface area contributed by atoms with Crippen LogP contribution >= 0.6 is 0 Å².